The van der Waals surface area contributed by atoms with E-state index in [1.54, 1.807) is 0 Å². The van der Waals surface area contributed by atoms with Gasteiger partial charge in [-0.1, -0.05) is 107 Å². The average molecular weight is 491 g/mol. The summed E-state index contributed by atoms with van der Waals surface area (Å²) in [6.07, 6.45) is 12.9. The van der Waals surface area contributed by atoms with E-state index in [1.807, 2.05) is 0 Å². The predicted octanol–water partition coefficient (Wildman–Crippen LogP) is 5.90. The second-order valence-corrected chi connectivity index (χ2v) is 9.44. The van der Waals surface area contributed by atoms with Gasteiger partial charge in [-0.15, -0.1) is 0 Å². The largest absolute Gasteiger partial charge is 0.394 e. The molecule has 4 N–H and O–H groups in total. The maximum absolute atomic E-state index is 12.4. The van der Waals surface area contributed by atoms with Gasteiger partial charge in [-0.3, -0.25) is 4.79 Å². The molecule has 1 aromatic rings. The number of halogens is 2. The number of aliphatic hydroxyl groups is 3. The standard InChI is InChI=1S/C25H41Cl2NO4/c1-2-3-4-5-6-7-8-9-10-11-12-13-14-23(30)24(31)22(18-29)28-25(32)19-15-16-20(26)21(27)17-19/h15-17,22-24,29-31H,2-14,18H2,1H3,(H,28,32). The van der Waals surface area contributed by atoms with Gasteiger partial charge in [0.25, 0.3) is 5.91 Å². The summed E-state index contributed by atoms with van der Waals surface area (Å²) in [6.45, 7) is 1.76. The molecule has 0 saturated carbocycles. The van der Waals surface area contributed by atoms with Crippen molar-refractivity contribution in [2.75, 3.05) is 6.61 Å². The Hall–Kier alpha value is -0.850. The average Bonchev–Trinajstić information content (AvgIpc) is 2.79. The normalized spacial score (nSPS) is 14.2. The van der Waals surface area contributed by atoms with E-state index in [1.165, 1.54) is 76.0 Å². The van der Waals surface area contributed by atoms with Crippen LogP contribution in [0.15, 0.2) is 18.2 Å². The quantitative estimate of drug-likeness (QED) is 0.193. The van der Waals surface area contributed by atoms with Crippen molar-refractivity contribution in [2.24, 2.45) is 0 Å². The molecule has 0 saturated heterocycles. The van der Waals surface area contributed by atoms with Crippen molar-refractivity contribution >= 4 is 29.1 Å². The van der Waals surface area contributed by atoms with Gasteiger partial charge >= 0.3 is 0 Å². The number of hydrogen-bond acceptors (Lipinski definition) is 4. The molecule has 0 radical (unpaired) electrons. The first-order valence-corrected chi connectivity index (χ1v) is 12.9. The van der Waals surface area contributed by atoms with Crippen LogP contribution in [0.4, 0.5) is 0 Å². The molecule has 0 aliphatic carbocycles. The lowest BCUT2D eigenvalue weighted by Gasteiger charge is -2.26. The van der Waals surface area contributed by atoms with E-state index in [-0.39, 0.29) is 10.6 Å². The number of benzene rings is 1. The summed E-state index contributed by atoms with van der Waals surface area (Å²) >= 11 is 11.8. The molecule has 0 aliphatic heterocycles. The Labute approximate surface area is 203 Å². The van der Waals surface area contributed by atoms with Crippen LogP contribution in [-0.2, 0) is 0 Å². The molecule has 0 fully saturated rings. The number of carbonyl (C=O) groups is 1. The Kier molecular flexibility index (Phi) is 16.1. The topological polar surface area (TPSA) is 89.8 Å². The zero-order valence-corrected chi connectivity index (χ0v) is 20.9. The van der Waals surface area contributed by atoms with Crippen LogP contribution in [-0.4, -0.2) is 46.1 Å². The van der Waals surface area contributed by atoms with Crippen molar-refractivity contribution in [3.8, 4) is 0 Å². The third-order valence-corrected chi connectivity index (χ3v) is 6.59. The van der Waals surface area contributed by atoms with Crippen molar-refractivity contribution in [3.05, 3.63) is 33.8 Å². The van der Waals surface area contributed by atoms with Crippen molar-refractivity contribution < 1.29 is 20.1 Å². The third-order valence-electron chi connectivity index (χ3n) is 5.85. The molecule has 184 valence electrons. The van der Waals surface area contributed by atoms with Crippen LogP contribution in [0.1, 0.15) is 101 Å². The van der Waals surface area contributed by atoms with Crippen molar-refractivity contribution in [2.45, 2.75) is 109 Å². The highest BCUT2D eigenvalue weighted by molar-refractivity contribution is 6.42. The van der Waals surface area contributed by atoms with Crippen LogP contribution in [0.25, 0.3) is 0 Å². The molecular weight excluding hydrogens is 449 g/mol. The van der Waals surface area contributed by atoms with Gasteiger partial charge in [0.05, 0.1) is 28.8 Å². The van der Waals surface area contributed by atoms with Crippen LogP contribution in [0, 0.1) is 0 Å². The Morgan fingerprint density at radius 3 is 1.91 bits per heavy atom. The van der Waals surface area contributed by atoms with Crippen LogP contribution in [0.2, 0.25) is 10.0 Å². The molecular formula is C25H41Cl2NO4. The minimum atomic E-state index is -1.25. The van der Waals surface area contributed by atoms with E-state index in [2.05, 4.69) is 12.2 Å². The van der Waals surface area contributed by atoms with Crippen LogP contribution in [0.3, 0.4) is 0 Å². The molecule has 0 bridgehead atoms. The second-order valence-electron chi connectivity index (χ2n) is 8.63. The van der Waals surface area contributed by atoms with E-state index in [4.69, 9.17) is 23.2 Å². The van der Waals surface area contributed by atoms with Crippen LogP contribution < -0.4 is 5.32 Å². The van der Waals surface area contributed by atoms with Gasteiger partial charge in [0.2, 0.25) is 0 Å². The van der Waals surface area contributed by atoms with Crippen LogP contribution >= 0.6 is 23.2 Å². The van der Waals surface area contributed by atoms with Gasteiger partial charge in [-0.05, 0) is 24.6 Å². The zero-order chi connectivity index (χ0) is 23.8. The fourth-order valence-electron chi connectivity index (χ4n) is 3.76. The first-order valence-electron chi connectivity index (χ1n) is 12.1. The molecule has 0 heterocycles. The molecule has 1 rings (SSSR count). The molecule has 5 nitrogen and oxygen atoms in total. The molecule has 7 heteroatoms. The highest BCUT2D eigenvalue weighted by atomic mass is 35.5. The summed E-state index contributed by atoms with van der Waals surface area (Å²) in [4.78, 5) is 12.4. The van der Waals surface area contributed by atoms with Gasteiger partial charge in [0.1, 0.15) is 6.10 Å². The smallest absolute Gasteiger partial charge is 0.251 e. The summed E-state index contributed by atoms with van der Waals surface area (Å²) in [6, 6.07) is 3.46. The molecule has 3 atom stereocenters. The number of hydrogen-bond donors (Lipinski definition) is 4. The maximum atomic E-state index is 12.4. The molecule has 0 aromatic heterocycles. The lowest BCUT2D eigenvalue weighted by Crippen LogP contribution is -2.50. The van der Waals surface area contributed by atoms with E-state index in [0.717, 1.165) is 19.3 Å². The van der Waals surface area contributed by atoms with Crippen molar-refractivity contribution in [1.29, 1.82) is 0 Å². The maximum Gasteiger partial charge on any atom is 0.251 e. The highest BCUT2D eigenvalue weighted by Gasteiger charge is 2.27. The summed E-state index contributed by atoms with van der Waals surface area (Å²) in [5, 5.41) is 33.4. The number of nitrogens with one attached hydrogen (secondary N) is 1. The van der Waals surface area contributed by atoms with Gasteiger partial charge in [0.15, 0.2) is 0 Å². The number of amides is 1. The van der Waals surface area contributed by atoms with E-state index < -0.39 is 30.8 Å². The first-order chi connectivity index (χ1) is 15.4. The summed E-state index contributed by atoms with van der Waals surface area (Å²) in [5.74, 6) is -0.501. The van der Waals surface area contributed by atoms with Gasteiger partial charge in [-0.25, -0.2) is 0 Å². The minimum absolute atomic E-state index is 0.243. The fourth-order valence-corrected chi connectivity index (χ4v) is 4.06. The zero-order valence-electron chi connectivity index (χ0n) is 19.4. The molecule has 0 aliphatic rings. The molecule has 3 unspecified atom stereocenters. The van der Waals surface area contributed by atoms with E-state index in [0.29, 0.717) is 11.4 Å². The van der Waals surface area contributed by atoms with E-state index in [9.17, 15) is 20.1 Å². The Bertz CT molecular complexity index is 644. The lowest BCUT2D eigenvalue weighted by molar-refractivity contribution is -0.0197. The highest BCUT2D eigenvalue weighted by Crippen LogP contribution is 2.22. The fraction of sp³-hybridized carbons (Fsp3) is 0.720. The molecule has 1 amide bonds. The SMILES string of the molecule is CCCCCCCCCCCCCCC(O)C(O)C(CO)NC(=O)c1ccc(Cl)c(Cl)c1. The number of carbonyl (C=O) groups excluding carboxylic acids is 1. The summed E-state index contributed by atoms with van der Waals surface area (Å²) in [5.41, 5.74) is 0.264. The summed E-state index contributed by atoms with van der Waals surface area (Å²) in [7, 11) is 0. The lowest BCUT2D eigenvalue weighted by atomic mass is 9.99. The Morgan fingerprint density at radius 2 is 1.41 bits per heavy atom. The van der Waals surface area contributed by atoms with Gasteiger partial charge < -0.3 is 20.6 Å². The Balaban J connectivity index is 2.21. The number of aliphatic hydroxyl groups excluding tert-OH is 3. The first kappa shape index (κ1) is 29.2. The van der Waals surface area contributed by atoms with Crippen molar-refractivity contribution in [1.82, 2.24) is 5.32 Å². The Morgan fingerprint density at radius 1 is 0.875 bits per heavy atom. The number of unbranched alkanes of at least 4 members (excludes halogenated alkanes) is 11. The van der Waals surface area contributed by atoms with E-state index >= 15 is 0 Å². The summed E-state index contributed by atoms with van der Waals surface area (Å²) < 4.78 is 0. The predicted molar refractivity (Wildman–Crippen MR) is 133 cm³/mol. The van der Waals surface area contributed by atoms with Crippen molar-refractivity contribution in [3.63, 3.8) is 0 Å². The van der Waals surface area contributed by atoms with Gasteiger partial charge in [0, 0.05) is 5.56 Å². The monoisotopic (exact) mass is 489 g/mol. The number of rotatable bonds is 18. The third kappa shape index (κ3) is 11.9. The molecule has 1 aromatic carbocycles. The minimum Gasteiger partial charge on any atom is -0.394 e. The molecule has 0 spiro atoms. The molecule has 32 heavy (non-hydrogen) atoms. The van der Waals surface area contributed by atoms with Gasteiger partial charge in [-0.2, -0.15) is 0 Å². The second kappa shape index (κ2) is 17.6. The van der Waals surface area contributed by atoms with Crippen LogP contribution in [0.5, 0.6) is 0 Å².